The summed E-state index contributed by atoms with van der Waals surface area (Å²) in [6.45, 7) is 0.667. The zero-order valence-corrected chi connectivity index (χ0v) is 6.97. The predicted octanol–water partition coefficient (Wildman–Crippen LogP) is 1.68. The van der Waals surface area contributed by atoms with E-state index in [4.69, 9.17) is 4.52 Å². The highest BCUT2D eigenvalue weighted by Gasteiger charge is 1.95. The lowest BCUT2D eigenvalue weighted by Crippen LogP contribution is -1.98. The van der Waals surface area contributed by atoms with Crippen molar-refractivity contribution < 1.29 is 4.52 Å². The first-order valence-corrected chi connectivity index (χ1v) is 3.98. The molecule has 0 radical (unpaired) electrons. The van der Waals surface area contributed by atoms with Crippen LogP contribution < -0.4 is 5.32 Å². The average molecular weight is 175 g/mol. The highest BCUT2D eigenvalue weighted by molar-refractivity contribution is 5.40. The molecular formula is C9H9N3O. The maximum Gasteiger partial charge on any atom is 0.124 e. The van der Waals surface area contributed by atoms with Crippen LogP contribution in [0.2, 0.25) is 0 Å². The minimum atomic E-state index is 0.667. The third-order valence-electron chi connectivity index (χ3n) is 1.65. The lowest BCUT2D eigenvalue weighted by atomic mass is 10.4. The fourth-order valence-electron chi connectivity index (χ4n) is 0.991. The first-order chi connectivity index (χ1) is 6.45. The second-order valence-electron chi connectivity index (χ2n) is 2.58. The molecule has 0 aliphatic heterocycles. The summed E-state index contributed by atoms with van der Waals surface area (Å²) in [4.78, 5) is 3.92. The van der Waals surface area contributed by atoms with Gasteiger partial charge in [-0.15, -0.1) is 0 Å². The van der Waals surface area contributed by atoms with E-state index in [2.05, 4.69) is 15.5 Å². The number of anilines is 1. The zero-order chi connectivity index (χ0) is 8.93. The van der Waals surface area contributed by atoms with Crippen LogP contribution in [-0.4, -0.2) is 10.1 Å². The van der Waals surface area contributed by atoms with E-state index in [0.29, 0.717) is 6.54 Å². The molecule has 0 saturated carbocycles. The molecule has 0 fully saturated rings. The first-order valence-electron chi connectivity index (χ1n) is 3.98. The van der Waals surface area contributed by atoms with Crippen LogP contribution in [0.1, 0.15) is 5.69 Å². The van der Waals surface area contributed by atoms with Gasteiger partial charge in [-0.1, -0.05) is 5.16 Å². The van der Waals surface area contributed by atoms with Crippen molar-refractivity contribution in [2.45, 2.75) is 6.54 Å². The molecule has 0 aliphatic carbocycles. The van der Waals surface area contributed by atoms with E-state index in [9.17, 15) is 0 Å². The molecule has 0 bridgehead atoms. The van der Waals surface area contributed by atoms with Crippen LogP contribution in [0, 0.1) is 0 Å². The van der Waals surface area contributed by atoms with Crippen LogP contribution in [0.25, 0.3) is 0 Å². The minimum absolute atomic E-state index is 0.667. The molecule has 13 heavy (non-hydrogen) atoms. The molecule has 0 aliphatic rings. The Morgan fingerprint density at radius 3 is 2.77 bits per heavy atom. The monoisotopic (exact) mass is 175 g/mol. The summed E-state index contributed by atoms with van der Waals surface area (Å²) in [5.41, 5.74) is 1.91. The molecule has 2 heterocycles. The van der Waals surface area contributed by atoms with Crippen LogP contribution in [-0.2, 0) is 6.54 Å². The molecule has 2 rings (SSSR count). The molecule has 66 valence electrons. The molecule has 4 heteroatoms. The lowest BCUT2D eigenvalue weighted by molar-refractivity contribution is 0.412. The number of rotatable bonds is 3. The minimum Gasteiger partial charge on any atom is -0.379 e. The van der Waals surface area contributed by atoms with Crippen molar-refractivity contribution in [2.75, 3.05) is 5.32 Å². The summed E-state index contributed by atoms with van der Waals surface area (Å²) in [6, 6.07) is 5.63. The molecule has 4 nitrogen and oxygen atoms in total. The van der Waals surface area contributed by atoms with Crippen molar-refractivity contribution in [3.8, 4) is 0 Å². The fraction of sp³-hybridized carbons (Fsp3) is 0.111. The summed E-state index contributed by atoms with van der Waals surface area (Å²) >= 11 is 0. The molecule has 0 amide bonds. The number of hydrogen-bond donors (Lipinski definition) is 1. The predicted molar refractivity (Wildman–Crippen MR) is 48.1 cm³/mol. The Balaban J connectivity index is 1.94. The second kappa shape index (κ2) is 3.71. The van der Waals surface area contributed by atoms with Gasteiger partial charge in [-0.05, 0) is 12.1 Å². The smallest absolute Gasteiger partial charge is 0.124 e. The van der Waals surface area contributed by atoms with Gasteiger partial charge in [0.2, 0.25) is 0 Å². The summed E-state index contributed by atoms with van der Waals surface area (Å²) in [5.74, 6) is 0. The molecule has 0 atom stereocenters. The Morgan fingerprint density at radius 2 is 2.08 bits per heavy atom. The molecule has 1 N–H and O–H groups in total. The Hall–Kier alpha value is -1.84. The summed E-state index contributed by atoms with van der Waals surface area (Å²) < 4.78 is 4.70. The van der Waals surface area contributed by atoms with Gasteiger partial charge in [-0.2, -0.15) is 0 Å². The van der Waals surface area contributed by atoms with Crippen molar-refractivity contribution in [1.29, 1.82) is 0 Å². The van der Waals surface area contributed by atoms with Crippen molar-refractivity contribution in [1.82, 2.24) is 10.1 Å². The van der Waals surface area contributed by atoms with E-state index in [0.717, 1.165) is 11.4 Å². The van der Waals surface area contributed by atoms with E-state index in [1.807, 2.05) is 18.2 Å². The largest absolute Gasteiger partial charge is 0.379 e. The third kappa shape index (κ3) is 2.05. The van der Waals surface area contributed by atoms with E-state index in [1.54, 1.807) is 18.7 Å². The van der Waals surface area contributed by atoms with Crippen molar-refractivity contribution >= 4 is 5.69 Å². The van der Waals surface area contributed by atoms with Gasteiger partial charge in [-0.3, -0.25) is 4.98 Å². The molecule has 2 aromatic heterocycles. The number of nitrogens with zero attached hydrogens (tertiary/aromatic N) is 2. The highest BCUT2D eigenvalue weighted by atomic mass is 16.5. The maximum absolute atomic E-state index is 4.70. The van der Waals surface area contributed by atoms with Crippen LogP contribution in [0.15, 0.2) is 41.4 Å². The molecule has 2 aromatic rings. The molecule has 0 unspecified atom stereocenters. The van der Waals surface area contributed by atoms with Gasteiger partial charge < -0.3 is 9.84 Å². The molecule has 0 spiro atoms. The first kappa shape index (κ1) is 7.79. The van der Waals surface area contributed by atoms with E-state index < -0.39 is 0 Å². The Morgan fingerprint density at radius 1 is 1.23 bits per heavy atom. The van der Waals surface area contributed by atoms with Gasteiger partial charge in [0.15, 0.2) is 0 Å². The Labute approximate surface area is 75.6 Å². The van der Waals surface area contributed by atoms with E-state index >= 15 is 0 Å². The molecular weight excluding hydrogens is 166 g/mol. The number of aromatic nitrogens is 2. The second-order valence-corrected chi connectivity index (χ2v) is 2.58. The molecule has 0 aromatic carbocycles. The van der Waals surface area contributed by atoms with Gasteiger partial charge in [0, 0.05) is 24.1 Å². The normalized spacial score (nSPS) is 9.85. The average Bonchev–Trinajstić information content (AvgIpc) is 2.69. The van der Waals surface area contributed by atoms with E-state index in [-0.39, 0.29) is 0 Å². The Kier molecular flexibility index (Phi) is 2.22. The lowest BCUT2D eigenvalue weighted by Gasteiger charge is -2.01. The third-order valence-corrected chi connectivity index (χ3v) is 1.65. The zero-order valence-electron chi connectivity index (χ0n) is 6.97. The summed E-state index contributed by atoms with van der Waals surface area (Å²) in [7, 11) is 0. The molecule has 0 saturated heterocycles. The van der Waals surface area contributed by atoms with Gasteiger partial charge in [0.1, 0.15) is 12.0 Å². The van der Waals surface area contributed by atoms with Crippen LogP contribution in [0.4, 0.5) is 5.69 Å². The van der Waals surface area contributed by atoms with Gasteiger partial charge >= 0.3 is 0 Å². The fourth-order valence-corrected chi connectivity index (χ4v) is 0.991. The van der Waals surface area contributed by atoms with Crippen LogP contribution in [0.3, 0.4) is 0 Å². The van der Waals surface area contributed by atoms with Crippen molar-refractivity contribution in [2.24, 2.45) is 0 Å². The highest BCUT2D eigenvalue weighted by Crippen LogP contribution is 2.05. The summed E-state index contributed by atoms with van der Waals surface area (Å²) in [5, 5.41) is 6.96. The quantitative estimate of drug-likeness (QED) is 0.771. The van der Waals surface area contributed by atoms with Gasteiger partial charge in [0.05, 0.1) is 6.54 Å². The van der Waals surface area contributed by atoms with Crippen LogP contribution >= 0.6 is 0 Å². The van der Waals surface area contributed by atoms with Crippen molar-refractivity contribution in [3.05, 3.63) is 42.5 Å². The van der Waals surface area contributed by atoms with Gasteiger partial charge in [0.25, 0.3) is 0 Å². The van der Waals surface area contributed by atoms with Gasteiger partial charge in [-0.25, -0.2) is 0 Å². The SMILES string of the molecule is c1cc(NCc2ccon2)ccn1. The topological polar surface area (TPSA) is 51.0 Å². The number of hydrogen-bond acceptors (Lipinski definition) is 4. The Bertz CT molecular complexity index is 344. The van der Waals surface area contributed by atoms with Crippen LogP contribution in [0.5, 0.6) is 0 Å². The number of pyridine rings is 1. The standard InChI is InChI=1S/C9H9N3O/c1-4-10-5-2-8(1)11-7-9-3-6-13-12-9/h1-6H,7H2,(H,10,11). The maximum atomic E-state index is 4.70. The van der Waals surface area contributed by atoms with E-state index in [1.165, 1.54) is 0 Å². The summed E-state index contributed by atoms with van der Waals surface area (Å²) in [6.07, 6.45) is 5.04. The number of nitrogens with one attached hydrogen (secondary N) is 1. The van der Waals surface area contributed by atoms with Crippen molar-refractivity contribution in [3.63, 3.8) is 0 Å².